The Labute approximate surface area is 196 Å². The molecule has 0 aliphatic carbocycles. The van der Waals surface area contributed by atoms with E-state index in [1.54, 1.807) is 58.0 Å². The minimum absolute atomic E-state index is 0.201. The lowest BCUT2D eigenvalue weighted by atomic mass is 9.96. The van der Waals surface area contributed by atoms with Gasteiger partial charge in [-0.2, -0.15) is 0 Å². The summed E-state index contributed by atoms with van der Waals surface area (Å²) >= 11 is 0. The van der Waals surface area contributed by atoms with Crippen LogP contribution in [0.4, 0.5) is 4.79 Å². The van der Waals surface area contributed by atoms with Gasteiger partial charge in [-0.25, -0.2) is 4.79 Å². The van der Waals surface area contributed by atoms with Crippen LogP contribution in [-0.4, -0.2) is 60.6 Å². The van der Waals surface area contributed by atoms with Crippen molar-refractivity contribution in [3.8, 4) is 0 Å². The molecule has 0 aromatic heterocycles. The Balaban J connectivity index is 3.29. The highest BCUT2D eigenvalue weighted by atomic mass is 16.6. The molecule has 0 bridgehead atoms. The predicted molar refractivity (Wildman–Crippen MR) is 124 cm³/mol. The van der Waals surface area contributed by atoms with E-state index in [2.05, 4.69) is 15.4 Å². The Hall–Kier alpha value is -3.10. The molecule has 0 saturated carbocycles. The average molecular weight is 464 g/mol. The lowest BCUT2D eigenvalue weighted by Crippen LogP contribution is -2.55. The summed E-state index contributed by atoms with van der Waals surface area (Å²) in [6.45, 7) is 10.6. The molecule has 33 heavy (non-hydrogen) atoms. The van der Waals surface area contributed by atoms with Crippen LogP contribution >= 0.6 is 0 Å². The number of likely N-dealkylation sites (N-methyl/N-ethyl adjacent to an activating group) is 1. The summed E-state index contributed by atoms with van der Waals surface area (Å²) in [5, 5.41) is 5.22. The van der Waals surface area contributed by atoms with E-state index < -0.39 is 41.6 Å². The van der Waals surface area contributed by atoms with Crippen molar-refractivity contribution < 1.29 is 28.7 Å². The van der Waals surface area contributed by atoms with E-state index >= 15 is 0 Å². The Morgan fingerprint density at radius 2 is 1.67 bits per heavy atom. The topological polar surface area (TPSA) is 114 Å². The highest BCUT2D eigenvalue weighted by Gasteiger charge is 2.37. The third-order valence-corrected chi connectivity index (χ3v) is 5.09. The van der Waals surface area contributed by atoms with Crippen LogP contribution in [0.2, 0.25) is 0 Å². The molecule has 2 N–H and O–H groups in total. The van der Waals surface area contributed by atoms with Crippen molar-refractivity contribution in [2.75, 3.05) is 20.2 Å². The van der Waals surface area contributed by atoms with Gasteiger partial charge in [0.15, 0.2) is 0 Å². The number of alkyl carbamates (subject to hydrolysis) is 1. The molecule has 9 heteroatoms. The monoisotopic (exact) mass is 463 g/mol. The molecular weight excluding hydrogens is 426 g/mol. The highest BCUT2D eigenvalue weighted by Crippen LogP contribution is 2.24. The highest BCUT2D eigenvalue weighted by molar-refractivity contribution is 5.93. The van der Waals surface area contributed by atoms with Gasteiger partial charge in [0.2, 0.25) is 11.8 Å². The predicted octanol–water partition coefficient (Wildman–Crippen LogP) is 2.80. The first-order chi connectivity index (χ1) is 15.4. The average Bonchev–Trinajstić information content (AvgIpc) is 2.77. The van der Waals surface area contributed by atoms with Gasteiger partial charge in [-0.3, -0.25) is 14.4 Å². The van der Waals surface area contributed by atoms with Crippen LogP contribution in [0.25, 0.3) is 0 Å². The number of ether oxygens (including phenoxy) is 2. The number of amides is 3. The van der Waals surface area contributed by atoms with E-state index in [9.17, 15) is 19.2 Å². The Kier molecular flexibility index (Phi) is 10.8. The normalized spacial score (nSPS) is 13.8. The van der Waals surface area contributed by atoms with Gasteiger partial charge in [-0.1, -0.05) is 50.6 Å². The summed E-state index contributed by atoms with van der Waals surface area (Å²) < 4.78 is 9.94. The number of nitrogens with zero attached hydrogens (tertiary/aromatic N) is 1. The number of nitrogens with one attached hydrogen (secondary N) is 2. The molecule has 0 aliphatic rings. The molecule has 0 heterocycles. The maximum atomic E-state index is 13.7. The molecule has 0 spiro atoms. The first-order valence-corrected chi connectivity index (χ1v) is 11.1. The fourth-order valence-corrected chi connectivity index (χ4v) is 3.20. The van der Waals surface area contributed by atoms with Crippen molar-refractivity contribution in [3.05, 3.63) is 35.9 Å². The van der Waals surface area contributed by atoms with E-state index in [4.69, 9.17) is 4.74 Å². The maximum absolute atomic E-state index is 13.7. The SMILES string of the molecule is CCC(C)C(NC(=O)OC(C)(C)C)C(=O)N(CC)C(C(=O)NCC(=O)OC)c1ccccc1. The second-order valence-corrected chi connectivity index (χ2v) is 8.74. The minimum atomic E-state index is -1.000. The molecule has 3 unspecified atom stereocenters. The zero-order chi connectivity index (χ0) is 25.2. The molecule has 0 radical (unpaired) electrons. The van der Waals surface area contributed by atoms with Gasteiger partial charge in [0.25, 0.3) is 0 Å². The third-order valence-electron chi connectivity index (χ3n) is 5.09. The van der Waals surface area contributed by atoms with Crippen molar-refractivity contribution in [1.82, 2.24) is 15.5 Å². The molecule has 1 rings (SSSR count). The van der Waals surface area contributed by atoms with Crippen LogP contribution in [-0.2, 0) is 23.9 Å². The summed E-state index contributed by atoms with van der Waals surface area (Å²) in [5.74, 6) is -1.76. The molecule has 184 valence electrons. The lowest BCUT2D eigenvalue weighted by molar-refractivity contribution is -0.145. The minimum Gasteiger partial charge on any atom is -0.468 e. The number of hydrogen-bond acceptors (Lipinski definition) is 6. The van der Waals surface area contributed by atoms with Gasteiger partial charge in [0.05, 0.1) is 7.11 Å². The van der Waals surface area contributed by atoms with Crippen molar-refractivity contribution >= 4 is 23.9 Å². The standard InChI is InChI=1S/C24H37N3O6/c1-8-16(3)19(26-23(31)33-24(4,5)6)22(30)27(9-2)20(17-13-11-10-12-14-17)21(29)25-15-18(28)32-7/h10-14,16,19-20H,8-9,15H2,1-7H3,(H,25,29)(H,26,31). The number of rotatable bonds is 10. The van der Waals surface area contributed by atoms with Gasteiger partial charge in [0, 0.05) is 6.54 Å². The van der Waals surface area contributed by atoms with Crippen LogP contribution in [0.15, 0.2) is 30.3 Å². The van der Waals surface area contributed by atoms with Crippen molar-refractivity contribution in [2.45, 2.75) is 65.6 Å². The first kappa shape index (κ1) is 27.9. The van der Waals surface area contributed by atoms with E-state index in [0.717, 1.165) is 0 Å². The Morgan fingerprint density at radius 3 is 2.15 bits per heavy atom. The summed E-state index contributed by atoms with van der Waals surface area (Å²) in [4.78, 5) is 52.2. The smallest absolute Gasteiger partial charge is 0.408 e. The lowest BCUT2D eigenvalue weighted by Gasteiger charge is -2.35. The van der Waals surface area contributed by atoms with Gasteiger partial charge in [-0.05, 0) is 39.2 Å². The second kappa shape index (κ2) is 12.8. The summed E-state index contributed by atoms with van der Waals surface area (Å²) in [7, 11) is 1.23. The molecule has 1 aromatic rings. The van der Waals surface area contributed by atoms with Gasteiger partial charge >= 0.3 is 12.1 Å². The second-order valence-electron chi connectivity index (χ2n) is 8.74. The van der Waals surface area contributed by atoms with Crippen molar-refractivity contribution in [3.63, 3.8) is 0 Å². The summed E-state index contributed by atoms with van der Waals surface area (Å²) in [6, 6.07) is 6.90. The number of carbonyl (C=O) groups excluding carboxylic acids is 4. The number of methoxy groups -OCH3 is 1. The number of hydrogen-bond donors (Lipinski definition) is 2. The number of carbonyl (C=O) groups is 4. The van der Waals surface area contributed by atoms with E-state index in [1.807, 2.05) is 13.8 Å². The van der Waals surface area contributed by atoms with Gasteiger partial charge in [0.1, 0.15) is 24.2 Å². The number of esters is 1. The van der Waals surface area contributed by atoms with Crippen molar-refractivity contribution in [2.24, 2.45) is 5.92 Å². The van der Waals surface area contributed by atoms with Crippen LogP contribution in [0.1, 0.15) is 59.6 Å². The van der Waals surface area contributed by atoms with Crippen LogP contribution < -0.4 is 10.6 Å². The Morgan fingerprint density at radius 1 is 1.06 bits per heavy atom. The Bertz CT molecular complexity index is 806. The third kappa shape index (κ3) is 8.75. The first-order valence-electron chi connectivity index (χ1n) is 11.1. The summed E-state index contributed by atoms with van der Waals surface area (Å²) in [5.41, 5.74) is -0.145. The largest absolute Gasteiger partial charge is 0.468 e. The fourth-order valence-electron chi connectivity index (χ4n) is 3.20. The molecule has 3 amide bonds. The van der Waals surface area contributed by atoms with Crippen LogP contribution in [0.5, 0.6) is 0 Å². The van der Waals surface area contributed by atoms with Crippen LogP contribution in [0, 0.1) is 5.92 Å². The fraction of sp³-hybridized carbons (Fsp3) is 0.583. The van der Waals surface area contributed by atoms with Crippen LogP contribution in [0.3, 0.4) is 0 Å². The molecule has 0 aliphatic heterocycles. The summed E-state index contributed by atoms with van der Waals surface area (Å²) in [6.07, 6.45) is -0.0856. The van der Waals surface area contributed by atoms with E-state index in [1.165, 1.54) is 12.0 Å². The number of benzene rings is 1. The van der Waals surface area contributed by atoms with Gasteiger partial charge in [-0.15, -0.1) is 0 Å². The van der Waals surface area contributed by atoms with E-state index in [-0.39, 0.29) is 19.0 Å². The molecule has 3 atom stereocenters. The maximum Gasteiger partial charge on any atom is 0.408 e. The van der Waals surface area contributed by atoms with Gasteiger partial charge < -0.3 is 25.0 Å². The molecule has 1 aromatic carbocycles. The molecule has 0 fully saturated rings. The van der Waals surface area contributed by atoms with E-state index in [0.29, 0.717) is 12.0 Å². The molecule has 9 nitrogen and oxygen atoms in total. The van der Waals surface area contributed by atoms with Crippen molar-refractivity contribution in [1.29, 1.82) is 0 Å². The zero-order valence-electron chi connectivity index (χ0n) is 20.6. The molecule has 0 saturated heterocycles. The zero-order valence-corrected chi connectivity index (χ0v) is 20.6. The molecular formula is C24H37N3O6. The quantitative estimate of drug-likeness (QED) is 0.516.